The Balaban J connectivity index is 0.000000371. The zero-order valence-electron chi connectivity index (χ0n) is 6.77. The van der Waals surface area contributed by atoms with Gasteiger partial charge in [0.05, 0.1) is 11.5 Å². The summed E-state index contributed by atoms with van der Waals surface area (Å²) in [4.78, 5) is 10.3. The number of carbonyl (C=O) groups excluding carboxylic acids is 1. The summed E-state index contributed by atoms with van der Waals surface area (Å²) in [5.74, 6) is 0.217. The molecule has 0 heterocycles. The Morgan fingerprint density at radius 1 is 1.50 bits per heavy atom. The number of carbonyl (C=O) groups is 1. The molecule has 1 rings (SSSR count). The number of nitrogens with zero attached hydrogens (tertiary/aromatic N) is 1. The highest BCUT2D eigenvalue weighted by atomic mass is 16.1. The van der Waals surface area contributed by atoms with Crippen LogP contribution in [0.3, 0.4) is 0 Å². The first-order valence-electron chi connectivity index (χ1n) is 3.59. The molecule has 10 heavy (non-hydrogen) atoms. The first kappa shape index (κ1) is 9.16. The Hall–Kier alpha value is -0.840. The highest BCUT2D eigenvalue weighted by Crippen LogP contribution is 2.35. The number of Topliss-reactive ketones (excluding diaryl/α,β-unsaturated/α-hetero) is 1. The molecule has 2 nitrogen and oxygen atoms in total. The van der Waals surface area contributed by atoms with Crippen LogP contribution in [0.1, 0.15) is 33.6 Å². The van der Waals surface area contributed by atoms with Crippen molar-refractivity contribution in [1.82, 2.24) is 0 Å². The second-order valence-electron chi connectivity index (χ2n) is 2.56. The molecule has 1 fully saturated rings. The molecule has 0 N–H and O–H groups in total. The van der Waals surface area contributed by atoms with Gasteiger partial charge in [0.2, 0.25) is 0 Å². The second-order valence-corrected chi connectivity index (χ2v) is 2.56. The van der Waals surface area contributed by atoms with E-state index >= 15 is 0 Å². The van der Waals surface area contributed by atoms with E-state index in [1.165, 1.54) is 0 Å². The van der Waals surface area contributed by atoms with E-state index in [-0.39, 0.29) is 11.2 Å². The molecule has 0 bridgehead atoms. The lowest BCUT2D eigenvalue weighted by Crippen LogP contribution is -2.32. The molecular weight excluding hydrogens is 126 g/mol. The van der Waals surface area contributed by atoms with Crippen molar-refractivity contribution in [2.75, 3.05) is 0 Å². The summed E-state index contributed by atoms with van der Waals surface area (Å²) in [7, 11) is 0. The van der Waals surface area contributed by atoms with Crippen molar-refractivity contribution < 1.29 is 4.79 Å². The van der Waals surface area contributed by atoms with Gasteiger partial charge in [-0.2, -0.15) is 5.26 Å². The summed E-state index contributed by atoms with van der Waals surface area (Å²) in [5, 5.41) is 8.36. The third kappa shape index (κ3) is 1.84. The molecule has 2 heteroatoms. The minimum Gasteiger partial charge on any atom is -0.300 e. The van der Waals surface area contributed by atoms with Gasteiger partial charge in [0, 0.05) is 12.8 Å². The van der Waals surface area contributed by atoms with Crippen LogP contribution < -0.4 is 0 Å². The van der Waals surface area contributed by atoms with Gasteiger partial charge in [0.15, 0.2) is 0 Å². The number of ketones is 1. The molecule has 0 aromatic heterocycles. The Kier molecular flexibility index (Phi) is 3.08. The van der Waals surface area contributed by atoms with Gasteiger partial charge in [-0.25, -0.2) is 0 Å². The van der Waals surface area contributed by atoms with Gasteiger partial charge in [-0.3, -0.25) is 4.79 Å². The largest absolute Gasteiger partial charge is 0.300 e. The molecule has 1 saturated carbocycles. The third-order valence-corrected chi connectivity index (χ3v) is 1.44. The fraction of sp³-hybridized carbons (Fsp3) is 0.750. The van der Waals surface area contributed by atoms with E-state index in [0.717, 1.165) is 0 Å². The van der Waals surface area contributed by atoms with Crippen LogP contribution in [0, 0.1) is 16.7 Å². The molecule has 56 valence electrons. The van der Waals surface area contributed by atoms with Crippen molar-refractivity contribution in [3.63, 3.8) is 0 Å². The van der Waals surface area contributed by atoms with E-state index in [0.29, 0.717) is 12.8 Å². The van der Waals surface area contributed by atoms with Gasteiger partial charge < -0.3 is 0 Å². The number of nitriles is 1. The molecule has 1 aliphatic carbocycles. The lowest BCUT2D eigenvalue weighted by molar-refractivity contribution is -0.129. The normalized spacial score (nSPS) is 19.6. The predicted octanol–water partition coefficient (Wildman–Crippen LogP) is 1.91. The average Bonchev–Trinajstić information content (AvgIpc) is 1.90. The Labute approximate surface area is 61.8 Å². The molecular formula is C8H13NO. The van der Waals surface area contributed by atoms with Crippen LogP contribution in [0.2, 0.25) is 0 Å². The molecule has 0 radical (unpaired) electrons. The van der Waals surface area contributed by atoms with Gasteiger partial charge in [0.1, 0.15) is 5.78 Å². The summed E-state index contributed by atoms with van der Waals surface area (Å²) in [6.07, 6.45) is 0.924. The van der Waals surface area contributed by atoms with Crippen LogP contribution in [-0.4, -0.2) is 5.78 Å². The van der Waals surface area contributed by atoms with Crippen LogP contribution in [0.4, 0.5) is 0 Å². The van der Waals surface area contributed by atoms with Crippen LogP contribution in [0.5, 0.6) is 0 Å². The number of hydrogen-bond acceptors (Lipinski definition) is 2. The average molecular weight is 139 g/mol. The minimum atomic E-state index is -0.308. The highest BCUT2D eigenvalue weighted by molar-refractivity contribution is 5.87. The Bertz CT molecular complexity index is 159. The Morgan fingerprint density at radius 2 is 1.90 bits per heavy atom. The fourth-order valence-corrected chi connectivity index (χ4v) is 0.898. The molecule has 0 spiro atoms. The lowest BCUT2D eigenvalue weighted by atomic mass is 9.71. The van der Waals surface area contributed by atoms with Crippen molar-refractivity contribution in [2.45, 2.75) is 33.6 Å². The van der Waals surface area contributed by atoms with Gasteiger partial charge in [-0.15, -0.1) is 0 Å². The van der Waals surface area contributed by atoms with E-state index in [1.54, 1.807) is 0 Å². The maximum Gasteiger partial charge on any atom is 0.136 e. The minimum absolute atomic E-state index is 0.217. The van der Waals surface area contributed by atoms with Gasteiger partial charge in [-0.1, -0.05) is 13.8 Å². The van der Waals surface area contributed by atoms with E-state index in [2.05, 4.69) is 6.07 Å². The van der Waals surface area contributed by atoms with E-state index in [9.17, 15) is 4.79 Å². The topological polar surface area (TPSA) is 40.9 Å². The molecule has 0 aromatic carbocycles. The van der Waals surface area contributed by atoms with E-state index < -0.39 is 0 Å². The van der Waals surface area contributed by atoms with Crippen LogP contribution in [0.15, 0.2) is 0 Å². The molecule has 0 amide bonds. The summed E-state index contributed by atoms with van der Waals surface area (Å²) in [6.45, 7) is 5.81. The standard InChI is InChI=1S/C6H7NO.C2H6/c1-6(4-7)2-5(8)3-6;1-2/h2-3H2,1H3;1-2H3. The molecule has 0 aromatic rings. The summed E-state index contributed by atoms with van der Waals surface area (Å²) in [5.41, 5.74) is -0.308. The predicted molar refractivity (Wildman–Crippen MR) is 39.3 cm³/mol. The molecule has 0 atom stereocenters. The van der Waals surface area contributed by atoms with Crippen molar-refractivity contribution in [2.24, 2.45) is 5.41 Å². The van der Waals surface area contributed by atoms with Crippen LogP contribution in [0.25, 0.3) is 0 Å². The molecule has 0 aliphatic heterocycles. The van der Waals surface area contributed by atoms with Gasteiger partial charge in [-0.05, 0) is 6.92 Å². The molecule has 1 aliphatic rings. The lowest BCUT2D eigenvalue weighted by Gasteiger charge is -2.28. The van der Waals surface area contributed by atoms with E-state index in [4.69, 9.17) is 5.26 Å². The van der Waals surface area contributed by atoms with Crippen LogP contribution >= 0.6 is 0 Å². The Morgan fingerprint density at radius 3 is 2.00 bits per heavy atom. The molecule has 0 unspecified atom stereocenters. The first-order chi connectivity index (χ1) is 4.66. The maximum atomic E-state index is 10.3. The fourth-order valence-electron chi connectivity index (χ4n) is 0.898. The highest BCUT2D eigenvalue weighted by Gasteiger charge is 2.38. The van der Waals surface area contributed by atoms with E-state index in [1.807, 2.05) is 20.8 Å². The number of rotatable bonds is 0. The SMILES string of the molecule is CC.CC1(C#N)CC(=O)C1. The van der Waals surface area contributed by atoms with Crippen molar-refractivity contribution in [1.29, 1.82) is 5.26 Å². The zero-order chi connectivity index (χ0) is 8.20. The van der Waals surface area contributed by atoms with Crippen molar-refractivity contribution >= 4 is 5.78 Å². The summed E-state index contributed by atoms with van der Waals surface area (Å²) < 4.78 is 0. The van der Waals surface area contributed by atoms with Crippen molar-refractivity contribution in [3.05, 3.63) is 0 Å². The second kappa shape index (κ2) is 3.36. The van der Waals surface area contributed by atoms with Crippen molar-refractivity contribution in [3.8, 4) is 6.07 Å². The first-order valence-corrected chi connectivity index (χ1v) is 3.59. The smallest absolute Gasteiger partial charge is 0.136 e. The monoisotopic (exact) mass is 139 g/mol. The van der Waals surface area contributed by atoms with Crippen LogP contribution in [-0.2, 0) is 4.79 Å². The van der Waals surface area contributed by atoms with Gasteiger partial charge >= 0.3 is 0 Å². The maximum absolute atomic E-state index is 10.3. The quantitative estimate of drug-likeness (QED) is 0.514. The van der Waals surface area contributed by atoms with Gasteiger partial charge in [0.25, 0.3) is 0 Å². The summed E-state index contributed by atoms with van der Waals surface area (Å²) >= 11 is 0. The summed E-state index contributed by atoms with van der Waals surface area (Å²) in [6, 6.07) is 2.09. The third-order valence-electron chi connectivity index (χ3n) is 1.44. The zero-order valence-corrected chi connectivity index (χ0v) is 6.77. The molecule has 0 saturated heterocycles. The number of hydrogen-bond donors (Lipinski definition) is 0.